The topological polar surface area (TPSA) is 76.1 Å². The number of aromatic nitrogens is 1. The molecule has 7 heteroatoms. The predicted molar refractivity (Wildman–Crippen MR) is 66.5 cm³/mol. The third-order valence-electron chi connectivity index (χ3n) is 2.54. The van der Waals surface area contributed by atoms with Crippen LogP contribution in [0.25, 0.3) is 0 Å². The average Bonchev–Trinajstić information content (AvgIpc) is 2.58. The van der Waals surface area contributed by atoms with Gasteiger partial charge in [0.1, 0.15) is 5.69 Å². The molecule has 2 heterocycles. The van der Waals surface area contributed by atoms with E-state index >= 15 is 0 Å². The van der Waals surface area contributed by atoms with Crippen LogP contribution in [0.3, 0.4) is 0 Å². The summed E-state index contributed by atoms with van der Waals surface area (Å²) < 4.78 is 23.1. The number of hydrogen-bond donors (Lipinski definition) is 1. The molecule has 1 unspecified atom stereocenters. The summed E-state index contributed by atoms with van der Waals surface area (Å²) in [6.07, 6.45) is 1.99. The van der Waals surface area contributed by atoms with Crippen molar-refractivity contribution in [3.8, 4) is 0 Å². The van der Waals surface area contributed by atoms with Gasteiger partial charge in [0.15, 0.2) is 9.84 Å². The molecule has 0 aliphatic carbocycles. The molecule has 1 aromatic heterocycles. The van der Waals surface area contributed by atoms with Crippen LogP contribution in [0.1, 0.15) is 16.9 Å². The molecule has 0 aromatic carbocycles. The Morgan fingerprint density at radius 2 is 2.29 bits per heavy atom. The Bertz CT molecular complexity index is 544. The minimum absolute atomic E-state index is 0.0171. The first kappa shape index (κ1) is 12.5. The van der Waals surface area contributed by atoms with Crippen molar-refractivity contribution in [2.75, 3.05) is 11.5 Å². The van der Waals surface area contributed by atoms with Gasteiger partial charge in [-0.1, -0.05) is 0 Å². The number of carbonyl (C=O) groups is 1. The van der Waals surface area contributed by atoms with Gasteiger partial charge < -0.3 is 5.32 Å². The van der Waals surface area contributed by atoms with Crippen LogP contribution in [0.4, 0.5) is 0 Å². The lowest BCUT2D eigenvalue weighted by Gasteiger charge is -2.10. The Kier molecular flexibility index (Phi) is 3.48. The van der Waals surface area contributed by atoms with E-state index in [1.807, 2.05) is 0 Å². The molecule has 1 aromatic rings. The molecule has 1 N–H and O–H groups in total. The summed E-state index contributed by atoms with van der Waals surface area (Å²) in [4.78, 5) is 15.8. The van der Waals surface area contributed by atoms with Gasteiger partial charge in [0.25, 0.3) is 5.91 Å². The monoisotopic (exact) mass is 318 g/mol. The molecule has 1 atom stereocenters. The Morgan fingerprint density at radius 3 is 2.88 bits per heavy atom. The number of carbonyl (C=O) groups excluding carboxylic acids is 1. The van der Waals surface area contributed by atoms with Crippen LogP contribution >= 0.6 is 15.9 Å². The third kappa shape index (κ3) is 3.04. The SMILES string of the molecule is O=C(NC1CCS(=O)(=O)C1)c1ncccc1Br. The van der Waals surface area contributed by atoms with E-state index in [4.69, 9.17) is 0 Å². The third-order valence-corrected chi connectivity index (χ3v) is 4.95. The average molecular weight is 319 g/mol. The molecule has 0 bridgehead atoms. The number of amides is 1. The van der Waals surface area contributed by atoms with Gasteiger partial charge in [0.05, 0.1) is 11.5 Å². The molecule has 5 nitrogen and oxygen atoms in total. The lowest BCUT2D eigenvalue weighted by Crippen LogP contribution is -2.36. The van der Waals surface area contributed by atoms with Crippen molar-refractivity contribution in [3.05, 3.63) is 28.5 Å². The van der Waals surface area contributed by atoms with E-state index in [1.54, 1.807) is 12.1 Å². The van der Waals surface area contributed by atoms with Gasteiger partial charge in [-0.15, -0.1) is 0 Å². The van der Waals surface area contributed by atoms with Crippen LogP contribution < -0.4 is 5.32 Å². The van der Waals surface area contributed by atoms with Crippen LogP contribution in [0, 0.1) is 0 Å². The van der Waals surface area contributed by atoms with Crippen LogP contribution in [-0.2, 0) is 9.84 Å². The Balaban J connectivity index is 2.06. The zero-order valence-electron chi connectivity index (χ0n) is 8.89. The van der Waals surface area contributed by atoms with Crippen molar-refractivity contribution < 1.29 is 13.2 Å². The van der Waals surface area contributed by atoms with E-state index in [2.05, 4.69) is 26.2 Å². The van der Waals surface area contributed by atoms with Gasteiger partial charge in [0, 0.05) is 16.7 Å². The van der Waals surface area contributed by atoms with Gasteiger partial charge in [-0.05, 0) is 34.5 Å². The standard InChI is InChI=1S/C10H11BrN2O3S/c11-8-2-1-4-12-9(8)10(14)13-7-3-5-17(15,16)6-7/h1-2,4,7H,3,5-6H2,(H,13,14). The lowest BCUT2D eigenvalue weighted by atomic mass is 10.2. The van der Waals surface area contributed by atoms with Crippen LogP contribution in [-0.4, -0.2) is 36.9 Å². The van der Waals surface area contributed by atoms with Gasteiger partial charge >= 0.3 is 0 Å². The highest BCUT2D eigenvalue weighted by atomic mass is 79.9. The largest absolute Gasteiger partial charge is 0.347 e. The van der Waals surface area contributed by atoms with E-state index in [-0.39, 0.29) is 29.1 Å². The second-order valence-corrected chi connectivity index (χ2v) is 6.99. The van der Waals surface area contributed by atoms with Gasteiger partial charge in [-0.25, -0.2) is 13.4 Å². The van der Waals surface area contributed by atoms with Crippen LogP contribution in [0.2, 0.25) is 0 Å². The van der Waals surface area contributed by atoms with Crippen LogP contribution in [0.15, 0.2) is 22.8 Å². The van der Waals surface area contributed by atoms with Crippen molar-refractivity contribution in [1.82, 2.24) is 10.3 Å². The van der Waals surface area contributed by atoms with Crippen molar-refractivity contribution in [1.29, 1.82) is 0 Å². The molecule has 0 radical (unpaired) electrons. The fourth-order valence-corrected chi connectivity index (χ4v) is 3.82. The molecule has 92 valence electrons. The highest BCUT2D eigenvalue weighted by molar-refractivity contribution is 9.10. The molecule has 1 amide bonds. The molecular weight excluding hydrogens is 308 g/mol. The van der Waals surface area contributed by atoms with E-state index in [1.165, 1.54) is 6.20 Å². The van der Waals surface area contributed by atoms with Crippen molar-refractivity contribution in [2.24, 2.45) is 0 Å². The molecule has 2 rings (SSSR count). The van der Waals surface area contributed by atoms with Gasteiger partial charge in [0.2, 0.25) is 0 Å². The maximum absolute atomic E-state index is 11.8. The van der Waals surface area contributed by atoms with E-state index in [0.29, 0.717) is 10.9 Å². The molecule has 1 fully saturated rings. The van der Waals surface area contributed by atoms with Crippen molar-refractivity contribution in [3.63, 3.8) is 0 Å². The second kappa shape index (κ2) is 4.73. The predicted octanol–water partition coefficient (Wildman–Crippen LogP) is 0.761. The number of pyridine rings is 1. The number of hydrogen-bond acceptors (Lipinski definition) is 4. The first-order valence-electron chi connectivity index (χ1n) is 5.10. The van der Waals surface area contributed by atoms with Crippen molar-refractivity contribution >= 4 is 31.7 Å². The number of sulfone groups is 1. The Hall–Kier alpha value is -0.950. The fourth-order valence-electron chi connectivity index (χ4n) is 1.72. The lowest BCUT2D eigenvalue weighted by molar-refractivity contribution is 0.0935. The zero-order valence-corrected chi connectivity index (χ0v) is 11.3. The first-order chi connectivity index (χ1) is 7.98. The van der Waals surface area contributed by atoms with E-state index in [9.17, 15) is 13.2 Å². The van der Waals surface area contributed by atoms with Crippen LogP contribution in [0.5, 0.6) is 0 Å². The summed E-state index contributed by atoms with van der Waals surface area (Å²) in [5, 5.41) is 2.68. The maximum atomic E-state index is 11.8. The fraction of sp³-hybridized carbons (Fsp3) is 0.400. The van der Waals surface area contributed by atoms with Crippen molar-refractivity contribution in [2.45, 2.75) is 12.5 Å². The molecule has 1 saturated heterocycles. The quantitative estimate of drug-likeness (QED) is 0.873. The smallest absolute Gasteiger partial charge is 0.271 e. The van der Waals surface area contributed by atoms with E-state index in [0.717, 1.165) is 0 Å². The summed E-state index contributed by atoms with van der Waals surface area (Å²) >= 11 is 3.23. The Morgan fingerprint density at radius 1 is 1.53 bits per heavy atom. The summed E-state index contributed by atoms with van der Waals surface area (Å²) in [5.74, 6) is -0.190. The summed E-state index contributed by atoms with van der Waals surface area (Å²) in [6.45, 7) is 0. The molecule has 1 aliphatic heterocycles. The second-order valence-electron chi connectivity index (χ2n) is 3.91. The molecular formula is C10H11BrN2O3S. The summed E-state index contributed by atoms with van der Waals surface area (Å²) in [6, 6.07) is 3.12. The minimum atomic E-state index is -2.98. The Labute approximate surface area is 108 Å². The first-order valence-corrected chi connectivity index (χ1v) is 7.71. The zero-order chi connectivity index (χ0) is 12.5. The van der Waals surface area contributed by atoms with Gasteiger partial charge in [-0.2, -0.15) is 0 Å². The number of halogens is 1. The minimum Gasteiger partial charge on any atom is -0.347 e. The summed E-state index contributed by atoms with van der Waals surface area (Å²) in [5.41, 5.74) is 0.275. The number of nitrogens with zero attached hydrogens (tertiary/aromatic N) is 1. The summed E-state index contributed by atoms with van der Waals surface area (Å²) in [7, 11) is -2.98. The molecule has 1 aliphatic rings. The highest BCUT2D eigenvalue weighted by Gasteiger charge is 2.29. The molecule has 0 saturated carbocycles. The highest BCUT2D eigenvalue weighted by Crippen LogP contribution is 2.15. The maximum Gasteiger partial charge on any atom is 0.271 e. The molecule has 0 spiro atoms. The van der Waals surface area contributed by atoms with Gasteiger partial charge in [-0.3, -0.25) is 4.79 Å². The number of nitrogens with one attached hydrogen (secondary N) is 1. The molecule has 17 heavy (non-hydrogen) atoms. The number of rotatable bonds is 2. The van der Waals surface area contributed by atoms with E-state index < -0.39 is 9.84 Å². The normalized spacial score (nSPS) is 22.3.